The largest absolute Gasteiger partial charge is 0.324 e. The second-order valence-corrected chi connectivity index (χ2v) is 6.96. The highest BCUT2D eigenvalue weighted by molar-refractivity contribution is 5.17. The standard InChI is InChI=1S/C14H24N2/c15-14(5-1-2-6-14)8-16-13-11-9-3-4-10(7-9)12(11)13/h9-13,16H,1-8,15H2. The first kappa shape index (κ1) is 9.90. The van der Waals surface area contributed by atoms with Crippen LogP contribution in [0.15, 0.2) is 0 Å². The first-order chi connectivity index (χ1) is 7.77. The summed E-state index contributed by atoms with van der Waals surface area (Å²) in [4.78, 5) is 0. The second-order valence-electron chi connectivity index (χ2n) is 6.96. The number of fused-ring (bicyclic) bond motifs is 5. The van der Waals surface area contributed by atoms with Gasteiger partial charge in [0.15, 0.2) is 0 Å². The van der Waals surface area contributed by atoms with Crippen LogP contribution in [0.2, 0.25) is 0 Å². The molecule has 0 heterocycles. The molecule has 0 aromatic carbocycles. The summed E-state index contributed by atoms with van der Waals surface area (Å²) in [5.74, 6) is 4.29. The summed E-state index contributed by atoms with van der Waals surface area (Å²) >= 11 is 0. The molecule has 4 rings (SSSR count). The molecule has 0 aliphatic heterocycles. The van der Waals surface area contributed by atoms with Gasteiger partial charge in [-0.25, -0.2) is 0 Å². The van der Waals surface area contributed by atoms with E-state index in [1.807, 2.05) is 0 Å². The van der Waals surface area contributed by atoms with Crippen molar-refractivity contribution in [1.82, 2.24) is 5.32 Å². The molecule has 0 saturated heterocycles. The summed E-state index contributed by atoms with van der Waals surface area (Å²) in [6.07, 6.45) is 9.79. The van der Waals surface area contributed by atoms with Crippen LogP contribution in [0.1, 0.15) is 44.9 Å². The van der Waals surface area contributed by atoms with E-state index in [-0.39, 0.29) is 5.54 Å². The lowest BCUT2D eigenvalue weighted by atomic mass is 9.98. The first-order valence-corrected chi connectivity index (χ1v) is 7.29. The van der Waals surface area contributed by atoms with Gasteiger partial charge in [0, 0.05) is 18.1 Å². The average Bonchev–Trinajstić information content (AvgIpc) is 2.70. The maximum atomic E-state index is 6.41. The highest BCUT2D eigenvalue weighted by atomic mass is 15.0. The minimum Gasteiger partial charge on any atom is -0.324 e. The fraction of sp³-hybridized carbons (Fsp3) is 1.00. The second kappa shape index (κ2) is 3.23. The van der Waals surface area contributed by atoms with Gasteiger partial charge in [-0.2, -0.15) is 0 Å². The van der Waals surface area contributed by atoms with Crippen molar-refractivity contribution in [3.63, 3.8) is 0 Å². The van der Waals surface area contributed by atoms with Crippen LogP contribution in [0.4, 0.5) is 0 Å². The highest BCUT2D eigenvalue weighted by Crippen LogP contribution is 2.65. The van der Waals surface area contributed by atoms with Crippen molar-refractivity contribution in [2.24, 2.45) is 29.4 Å². The van der Waals surface area contributed by atoms with Gasteiger partial charge in [0.1, 0.15) is 0 Å². The van der Waals surface area contributed by atoms with E-state index >= 15 is 0 Å². The Morgan fingerprint density at radius 2 is 1.69 bits per heavy atom. The third kappa shape index (κ3) is 1.32. The Bertz CT molecular complexity index is 279. The van der Waals surface area contributed by atoms with E-state index in [1.165, 1.54) is 38.5 Å². The molecule has 0 radical (unpaired) electrons. The normalized spacial score (nSPS) is 51.9. The number of nitrogens with two attached hydrogens (primary N) is 1. The lowest BCUT2D eigenvalue weighted by Gasteiger charge is -2.25. The van der Waals surface area contributed by atoms with Crippen molar-refractivity contribution in [3.05, 3.63) is 0 Å². The van der Waals surface area contributed by atoms with Crippen molar-refractivity contribution < 1.29 is 0 Å². The van der Waals surface area contributed by atoms with Crippen LogP contribution >= 0.6 is 0 Å². The zero-order valence-electron chi connectivity index (χ0n) is 10.1. The summed E-state index contributed by atoms with van der Waals surface area (Å²) in [5.41, 5.74) is 6.56. The van der Waals surface area contributed by atoms with Crippen LogP contribution in [0.3, 0.4) is 0 Å². The van der Waals surface area contributed by atoms with Gasteiger partial charge in [-0.1, -0.05) is 12.8 Å². The molecule has 0 aromatic heterocycles. The van der Waals surface area contributed by atoms with E-state index in [9.17, 15) is 0 Å². The van der Waals surface area contributed by atoms with E-state index in [2.05, 4.69) is 5.32 Å². The van der Waals surface area contributed by atoms with Gasteiger partial charge in [-0.05, 0) is 55.8 Å². The maximum absolute atomic E-state index is 6.41. The molecule has 4 saturated carbocycles. The number of nitrogens with one attached hydrogen (secondary N) is 1. The molecular formula is C14H24N2. The molecule has 4 aliphatic carbocycles. The molecular weight excluding hydrogens is 196 g/mol. The molecule has 2 nitrogen and oxygen atoms in total. The van der Waals surface area contributed by atoms with E-state index in [0.29, 0.717) is 0 Å². The smallest absolute Gasteiger partial charge is 0.0280 e. The molecule has 16 heavy (non-hydrogen) atoms. The molecule has 90 valence electrons. The quantitative estimate of drug-likeness (QED) is 0.762. The summed E-state index contributed by atoms with van der Waals surface area (Å²) in [5, 5.41) is 3.82. The molecule has 0 aromatic rings. The Kier molecular flexibility index (Phi) is 2.00. The maximum Gasteiger partial charge on any atom is 0.0280 e. The topological polar surface area (TPSA) is 38.0 Å². The predicted octanol–water partition coefficient (Wildman–Crippen LogP) is 1.89. The van der Waals surface area contributed by atoms with Crippen LogP contribution in [0, 0.1) is 23.7 Å². The van der Waals surface area contributed by atoms with Crippen LogP contribution in [-0.2, 0) is 0 Å². The van der Waals surface area contributed by atoms with Crippen LogP contribution < -0.4 is 11.1 Å². The zero-order chi connectivity index (χ0) is 10.8. The lowest BCUT2D eigenvalue weighted by molar-refractivity contribution is 0.374. The van der Waals surface area contributed by atoms with Gasteiger partial charge < -0.3 is 11.1 Å². The highest BCUT2D eigenvalue weighted by Gasteiger charge is 2.64. The van der Waals surface area contributed by atoms with E-state index in [0.717, 1.165) is 36.3 Å². The Hall–Kier alpha value is -0.0800. The fourth-order valence-corrected chi connectivity index (χ4v) is 5.18. The predicted molar refractivity (Wildman–Crippen MR) is 65.0 cm³/mol. The van der Waals surface area contributed by atoms with Crippen molar-refractivity contribution >= 4 is 0 Å². The summed E-state index contributed by atoms with van der Waals surface area (Å²) in [7, 11) is 0. The van der Waals surface area contributed by atoms with Gasteiger partial charge in [0.25, 0.3) is 0 Å². The molecule has 4 aliphatic rings. The molecule has 0 spiro atoms. The van der Waals surface area contributed by atoms with Gasteiger partial charge in [0.05, 0.1) is 0 Å². The van der Waals surface area contributed by atoms with E-state index in [4.69, 9.17) is 5.73 Å². The van der Waals surface area contributed by atoms with Crippen molar-refractivity contribution in [2.45, 2.75) is 56.5 Å². The van der Waals surface area contributed by atoms with Crippen molar-refractivity contribution in [1.29, 1.82) is 0 Å². The third-order valence-corrected chi connectivity index (χ3v) is 6.02. The average molecular weight is 220 g/mol. The zero-order valence-corrected chi connectivity index (χ0v) is 10.1. The molecule has 3 N–H and O–H groups in total. The monoisotopic (exact) mass is 220 g/mol. The Balaban J connectivity index is 1.34. The molecule has 4 atom stereocenters. The number of hydrogen-bond donors (Lipinski definition) is 2. The van der Waals surface area contributed by atoms with Crippen molar-refractivity contribution in [3.8, 4) is 0 Å². The van der Waals surface area contributed by atoms with Gasteiger partial charge in [-0.3, -0.25) is 0 Å². The van der Waals surface area contributed by atoms with Crippen molar-refractivity contribution in [2.75, 3.05) is 6.54 Å². The molecule has 4 unspecified atom stereocenters. The van der Waals surface area contributed by atoms with Gasteiger partial charge >= 0.3 is 0 Å². The minimum absolute atomic E-state index is 0.149. The third-order valence-electron chi connectivity index (χ3n) is 6.02. The minimum atomic E-state index is 0.149. The van der Waals surface area contributed by atoms with E-state index in [1.54, 1.807) is 6.42 Å². The van der Waals surface area contributed by atoms with Gasteiger partial charge in [0.2, 0.25) is 0 Å². The lowest BCUT2D eigenvalue weighted by Crippen LogP contribution is -2.47. The van der Waals surface area contributed by atoms with Gasteiger partial charge in [-0.15, -0.1) is 0 Å². The summed E-state index contributed by atoms with van der Waals surface area (Å²) in [6, 6.07) is 0.868. The Labute approximate surface area is 98.3 Å². The van der Waals surface area contributed by atoms with Crippen LogP contribution in [0.5, 0.6) is 0 Å². The van der Waals surface area contributed by atoms with Crippen LogP contribution in [0.25, 0.3) is 0 Å². The fourth-order valence-electron chi connectivity index (χ4n) is 5.18. The molecule has 4 fully saturated rings. The molecule has 2 heteroatoms. The van der Waals surface area contributed by atoms with Crippen LogP contribution in [-0.4, -0.2) is 18.1 Å². The first-order valence-electron chi connectivity index (χ1n) is 7.29. The summed E-state index contributed by atoms with van der Waals surface area (Å²) < 4.78 is 0. The Morgan fingerprint density at radius 1 is 1.06 bits per heavy atom. The van der Waals surface area contributed by atoms with E-state index < -0.39 is 0 Å². The number of rotatable bonds is 3. The summed E-state index contributed by atoms with van der Waals surface area (Å²) in [6.45, 7) is 1.09. The molecule has 0 amide bonds. The number of hydrogen-bond acceptors (Lipinski definition) is 2. The Morgan fingerprint density at radius 3 is 2.31 bits per heavy atom. The molecule has 2 bridgehead atoms. The SMILES string of the molecule is NC1(CNC2C3C4CCC(C4)C23)CCCC1.